The first-order valence-corrected chi connectivity index (χ1v) is 7.26. The van der Waals surface area contributed by atoms with Crippen LogP contribution < -0.4 is 4.72 Å². The van der Waals surface area contributed by atoms with Crippen molar-refractivity contribution in [1.29, 1.82) is 5.26 Å². The zero-order chi connectivity index (χ0) is 15.2. The second-order valence-electron chi connectivity index (χ2n) is 4.02. The first-order valence-electron chi connectivity index (χ1n) is 5.77. The van der Waals surface area contributed by atoms with E-state index in [2.05, 4.69) is 4.72 Å². The third kappa shape index (κ3) is 4.25. The molecule has 1 atom stereocenters. The summed E-state index contributed by atoms with van der Waals surface area (Å²) in [5.41, 5.74) is -0.530. The van der Waals surface area contributed by atoms with Crippen LogP contribution in [0.3, 0.4) is 0 Å². The maximum Gasteiger partial charge on any atom is 0.241 e. The fourth-order valence-electron chi connectivity index (χ4n) is 1.55. The fourth-order valence-corrected chi connectivity index (χ4v) is 2.76. The summed E-state index contributed by atoms with van der Waals surface area (Å²) in [5.74, 6) is -0.894. The van der Waals surface area contributed by atoms with E-state index in [9.17, 15) is 17.9 Å². The number of ether oxygens (including phenoxy) is 1. The standard InChI is InChI=1S/C12H15FN2O4S/c1-19-8-9(16)5-6-15-20(17,18)12-4-2-3-11(13)10(12)7-14/h2-4,9,15-16H,5-6,8H2,1H3. The van der Waals surface area contributed by atoms with Crippen LogP contribution in [-0.4, -0.2) is 39.9 Å². The molecule has 0 fully saturated rings. The average molecular weight is 302 g/mol. The lowest BCUT2D eigenvalue weighted by atomic mass is 10.2. The van der Waals surface area contributed by atoms with E-state index in [1.54, 1.807) is 0 Å². The van der Waals surface area contributed by atoms with E-state index in [0.717, 1.165) is 12.1 Å². The highest BCUT2D eigenvalue weighted by Crippen LogP contribution is 2.17. The average Bonchev–Trinajstić information content (AvgIpc) is 2.38. The van der Waals surface area contributed by atoms with E-state index >= 15 is 0 Å². The number of benzene rings is 1. The second-order valence-corrected chi connectivity index (χ2v) is 5.76. The van der Waals surface area contributed by atoms with Crippen molar-refractivity contribution >= 4 is 10.0 Å². The predicted molar refractivity (Wildman–Crippen MR) is 68.8 cm³/mol. The number of rotatable bonds is 7. The van der Waals surface area contributed by atoms with Crippen LogP contribution in [0.15, 0.2) is 23.1 Å². The zero-order valence-corrected chi connectivity index (χ0v) is 11.7. The molecule has 0 aliphatic carbocycles. The topological polar surface area (TPSA) is 99.4 Å². The zero-order valence-electron chi connectivity index (χ0n) is 10.8. The Balaban J connectivity index is 2.81. The number of sulfonamides is 1. The normalized spacial score (nSPS) is 12.9. The highest BCUT2D eigenvalue weighted by Gasteiger charge is 2.21. The summed E-state index contributed by atoms with van der Waals surface area (Å²) < 4.78 is 44.2. The molecule has 0 saturated heterocycles. The molecule has 8 heteroatoms. The van der Waals surface area contributed by atoms with Crippen molar-refractivity contribution in [3.05, 3.63) is 29.6 Å². The van der Waals surface area contributed by atoms with Crippen molar-refractivity contribution in [2.24, 2.45) is 0 Å². The fraction of sp³-hybridized carbons (Fsp3) is 0.417. The molecule has 110 valence electrons. The summed E-state index contributed by atoms with van der Waals surface area (Å²) in [6.45, 7) is 0.0411. The number of aliphatic hydroxyl groups excluding tert-OH is 1. The monoisotopic (exact) mass is 302 g/mol. The van der Waals surface area contributed by atoms with Crippen LogP contribution in [0, 0.1) is 17.1 Å². The van der Waals surface area contributed by atoms with E-state index in [1.165, 1.54) is 19.2 Å². The minimum absolute atomic E-state index is 0.0474. The number of nitriles is 1. The molecule has 1 aromatic rings. The highest BCUT2D eigenvalue weighted by molar-refractivity contribution is 7.89. The molecule has 0 aliphatic heterocycles. The van der Waals surface area contributed by atoms with Crippen molar-refractivity contribution in [1.82, 2.24) is 4.72 Å². The molecule has 1 unspecified atom stereocenters. The van der Waals surface area contributed by atoms with E-state index in [1.807, 2.05) is 0 Å². The Hall–Kier alpha value is -1.53. The van der Waals surface area contributed by atoms with Crippen molar-refractivity contribution in [3.8, 4) is 6.07 Å². The first kappa shape index (κ1) is 16.5. The molecule has 0 spiro atoms. The number of halogens is 1. The van der Waals surface area contributed by atoms with E-state index in [-0.39, 0.29) is 19.6 Å². The van der Waals surface area contributed by atoms with Crippen LogP contribution >= 0.6 is 0 Å². The Morgan fingerprint density at radius 1 is 1.55 bits per heavy atom. The van der Waals surface area contributed by atoms with Gasteiger partial charge in [0, 0.05) is 13.7 Å². The number of aliphatic hydroxyl groups is 1. The summed E-state index contributed by atoms with van der Waals surface area (Å²) >= 11 is 0. The molecule has 20 heavy (non-hydrogen) atoms. The van der Waals surface area contributed by atoms with Gasteiger partial charge in [0.05, 0.1) is 12.7 Å². The minimum atomic E-state index is -4.00. The van der Waals surface area contributed by atoms with Gasteiger partial charge < -0.3 is 9.84 Å². The Morgan fingerprint density at radius 3 is 2.85 bits per heavy atom. The smallest absolute Gasteiger partial charge is 0.241 e. The Kier molecular flexibility index (Phi) is 6.04. The van der Waals surface area contributed by atoms with E-state index in [4.69, 9.17) is 10.00 Å². The number of hydrogen-bond acceptors (Lipinski definition) is 5. The predicted octanol–water partition coefficient (Wildman–Crippen LogP) is 0.373. The summed E-state index contributed by atoms with van der Waals surface area (Å²) in [6.07, 6.45) is -0.657. The van der Waals surface area contributed by atoms with Gasteiger partial charge in [0.1, 0.15) is 22.3 Å². The third-order valence-electron chi connectivity index (χ3n) is 2.51. The lowest BCUT2D eigenvalue weighted by molar-refractivity contribution is 0.0603. The van der Waals surface area contributed by atoms with Crippen molar-refractivity contribution < 1.29 is 22.7 Å². The summed E-state index contributed by atoms with van der Waals surface area (Å²) in [5, 5.41) is 18.2. The van der Waals surface area contributed by atoms with Gasteiger partial charge in [-0.2, -0.15) is 5.26 Å². The minimum Gasteiger partial charge on any atom is -0.391 e. The Morgan fingerprint density at radius 2 is 2.25 bits per heavy atom. The third-order valence-corrected chi connectivity index (χ3v) is 4.01. The number of methoxy groups -OCH3 is 1. The molecule has 0 amide bonds. The maximum atomic E-state index is 13.4. The number of nitrogens with zero attached hydrogens (tertiary/aromatic N) is 1. The largest absolute Gasteiger partial charge is 0.391 e. The van der Waals surface area contributed by atoms with Crippen molar-refractivity contribution in [2.45, 2.75) is 17.4 Å². The van der Waals surface area contributed by atoms with Crippen LogP contribution in [0.5, 0.6) is 0 Å². The van der Waals surface area contributed by atoms with Crippen molar-refractivity contribution in [2.75, 3.05) is 20.3 Å². The first-order chi connectivity index (χ1) is 9.42. The molecule has 0 aliphatic rings. The molecule has 1 rings (SSSR count). The van der Waals surface area contributed by atoms with Gasteiger partial charge in [-0.3, -0.25) is 0 Å². The Bertz CT molecular complexity index is 598. The van der Waals surface area contributed by atoms with Gasteiger partial charge >= 0.3 is 0 Å². The molecular formula is C12H15FN2O4S. The molecule has 0 heterocycles. The van der Waals surface area contributed by atoms with Crippen LogP contribution in [0.2, 0.25) is 0 Å². The maximum absolute atomic E-state index is 13.4. The second kappa shape index (κ2) is 7.31. The van der Waals surface area contributed by atoms with Gasteiger partial charge in [-0.1, -0.05) is 6.07 Å². The van der Waals surface area contributed by atoms with Gasteiger partial charge in [0.15, 0.2) is 0 Å². The van der Waals surface area contributed by atoms with Gasteiger partial charge in [-0.15, -0.1) is 0 Å². The molecular weight excluding hydrogens is 287 g/mol. The van der Waals surface area contributed by atoms with E-state index in [0.29, 0.717) is 0 Å². The molecule has 0 saturated carbocycles. The van der Waals surface area contributed by atoms with Crippen LogP contribution in [-0.2, 0) is 14.8 Å². The van der Waals surface area contributed by atoms with Gasteiger partial charge in [-0.25, -0.2) is 17.5 Å². The SMILES string of the molecule is COCC(O)CCNS(=O)(=O)c1cccc(F)c1C#N. The number of nitrogens with one attached hydrogen (secondary N) is 1. The van der Waals surface area contributed by atoms with E-state index < -0.39 is 32.4 Å². The summed E-state index contributed by atoms with van der Waals surface area (Å²) in [4.78, 5) is -0.416. The molecule has 0 aromatic heterocycles. The van der Waals surface area contributed by atoms with Crippen LogP contribution in [0.4, 0.5) is 4.39 Å². The van der Waals surface area contributed by atoms with Gasteiger partial charge in [-0.05, 0) is 18.6 Å². The van der Waals surface area contributed by atoms with Crippen molar-refractivity contribution in [3.63, 3.8) is 0 Å². The number of hydrogen-bond donors (Lipinski definition) is 2. The van der Waals surface area contributed by atoms with Gasteiger partial charge in [0.2, 0.25) is 10.0 Å². The lowest BCUT2D eigenvalue weighted by Crippen LogP contribution is -2.29. The lowest BCUT2D eigenvalue weighted by Gasteiger charge is -2.11. The summed E-state index contributed by atoms with van der Waals surface area (Å²) in [6, 6.07) is 4.90. The summed E-state index contributed by atoms with van der Waals surface area (Å²) in [7, 11) is -2.58. The molecule has 0 bridgehead atoms. The highest BCUT2D eigenvalue weighted by atomic mass is 32.2. The molecule has 1 aromatic carbocycles. The quantitative estimate of drug-likeness (QED) is 0.758. The molecule has 0 radical (unpaired) electrons. The van der Waals surface area contributed by atoms with Crippen LogP contribution in [0.25, 0.3) is 0 Å². The molecule has 2 N–H and O–H groups in total. The van der Waals surface area contributed by atoms with Crippen LogP contribution in [0.1, 0.15) is 12.0 Å². The molecule has 6 nitrogen and oxygen atoms in total. The Labute approximate surface area is 116 Å². The van der Waals surface area contributed by atoms with Gasteiger partial charge in [0.25, 0.3) is 0 Å².